The quantitative estimate of drug-likeness (QED) is 0.154. The van der Waals surface area contributed by atoms with Gasteiger partial charge in [0.15, 0.2) is 20.6 Å². The number of fused-ring (bicyclic) bond motifs is 1. The zero-order chi connectivity index (χ0) is 26.1. The van der Waals surface area contributed by atoms with Crippen LogP contribution in [-0.2, 0) is 11.2 Å². The molecule has 5 rings (SSSR count). The van der Waals surface area contributed by atoms with Gasteiger partial charge < -0.3 is 9.84 Å². The van der Waals surface area contributed by atoms with E-state index < -0.39 is 0 Å². The first kappa shape index (κ1) is 25.1. The lowest BCUT2D eigenvalue weighted by molar-refractivity contribution is -0.113. The highest BCUT2D eigenvalue weighted by atomic mass is 32.2. The molecule has 0 radical (unpaired) electrons. The number of hydrogen-bond donors (Lipinski definition) is 1. The Kier molecular flexibility index (Phi) is 7.09. The fourth-order valence-electron chi connectivity index (χ4n) is 3.90. The first-order valence-corrected chi connectivity index (χ1v) is 13.8. The van der Waals surface area contributed by atoms with Crippen molar-refractivity contribution in [2.75, 3.05) is 11.1 Å². The van der Waals surface area contributed by atoms with Gasteiger partial charge in [-0.1, -0.05) is 65.5 Å². The number of aryl methyl sites for hydroxylation is 3. The second-order valence-electron chi connectivity index (χ2n) is 8.36. The molecule has 0 aliphatic carbocycles. The van der Waals surface area contributed by atoms with E-state index in [1.807, 2.05) is 60.0 Å². The van der Waals surface area contributed by atoms with Gasteiger partial charge in [0, 0.05) is 11.8 Å². The molecular formula is C26H23N5O3S3. The molecule has 0 saturated carbocycles. The molecule has 0 fully saturated rings. The summed E-state index contributed by atoms with van der Waals surface area (Å²) in [6.45, 7) is 5.78. The van der Waals surface area contributed by atoms with Crippen LogP contribution in [0.4, 0.5) is 5.82 Å². The van der Waals surface area contributed by atoms with E-state index in [1.54, 1.807) is 17.6 Å². The molecule has 5 aromatic rings. The molecule has 3 aromatic heterocycles. The highest BCUT2D eigenvalue weighted by molar-refractivity contribution is 7.99. The van der Waals surface area contributed by atoms with Crippen LogP contribution >= 0.6 is 35.3 Å². The molecule has 0 aliphatic rings. The zero-order valence-corrected chi connectivity index (χ0v) is 22.8. The van der Waals surface area contributed by atoms with Crippen LogP contribution in [0, 0.1) is 17.8 Å². The lowest BCUT2D eigenvalue weighted by atomic mass is 10.1. The Morgan fingerprint density at radius 3 is 2.57 bits per heavy atom. The first-order chi connectivity index (χ1) is 17.9. The van der Waals surface area contributed by atoms with Gasteiger partial charge in [0.25, 0.3) is 5.56 Å². The fraction of sp³-hybridized carbons (Fsp3) is 0.192. The van der Waals surface area contributed by atoms with E-state index in [9.17, 15) is 9.59 Å². The molecule has 2 aromatic carbocycles. The van der Waals surface area contributed by atoms with E-state index in [-0.39, 0.29) is 17.2 Å². The standard InChI is InChI=1S/C26H23N5O3S3/c1-4-17-9-11-18(12-10-17)30-23-22(37-26(30)35)24(33)31(19-8-6-5-7-15(19)2)25(28-23)36-14-21(32)27-20-13-16(3)34-29-20/h5-13H,4,14H2,1-3H3,(H,27,29,32). The number of thioether (sulfide) groups is 1. The van der Waals surface area contributed by atoms with E-state index in [0.717, 1.165) is 17.7 Å². The Labute approximate surface area is 226 Å². The zero-order valence-electron chi connectivity index (χ0n) is 20.3. The summed E-state index contributed by atoms with van der Waals surface area (Å²) in [6.07, 6.45) is 0.923. The van der Waals surface area contributed by atoms with Crippen molar-refractivity contribution in [3.05, 3.63) is 85.8 Å². The van der Waals surface area contributed by atoms with Crippen LogP contribution in [0.1, 0.15) is 23.8 Å². The molecule has 0 saturated heterocycles. The van der Waals surface area contributed by atoms with E-state index in [4.69, 9.17) is 21.7 Å². The number of para-hydroxylation sites is 1. The molecule has 1 N–H and O–H groups in total. The molecule has 0 atom stereocenters. The third kappa shape index (κ3) is 5.02. The largest absolute Gasteiger partial charge is 0.360 e. The predicted molar refractivity (Wildman–Crippen MR) is 150 cm³/mol. The minimum atomic E-state index is -0.290. The number of thiazole rings is 1. The number of rotatable bonds is 7. The first-order valence-electron chi connectivity index (χ1n) is 11.6. The molecule has 0 unspecified atom stereocenters. The summed E-state index contributed by atoms with van der Waals surface area (Å²) < 4.78 is 9.38. The van der Waals surface area contributed by atoms with Gasteiger partial charge >= 0.3 is 0 Å². The summed E-state index contributed by atoms with van der Waals surface area (Å²) in [6, 6.07) is 17.3. The summed E-state index contributed by atoms with van der Waals surface area (Å²) in [4.78, 5) is 31.4. The van der Waals surface area contributed by atoms with Gasteiger partial charge in [0.1, 0.15) is 10.5 Å². The molecular weight excluding hydrogens is 527 g/mol. The van der Waals surface area contributed by atoms with Crippen LogP contribution in [0.25, 0.3) is 21.7 Å². The number of nitrogens with one attached hydrogen (secondary N) is 1. The number of carbonyl (C=O) groups is 1. The van der Waals surface area contributed by atoms with Crippen LogP contribution in [0.5, 0.6) is 0 Å². The van der Waals surface area contributed by atoms with Crippen molar-refractivity contribution in [1.29, 1.82) is 0 Å². The third-order valence-corrected chi connectivity index (χ3v) is 8.05. The molecule has 0 aliphatic heterocycles. The van der Waals surface area contributed by atoms with Gasteiger partial charge in [-0.25, -0.2) is 4.98 Å². The topological polar surface area (TPSA) is 95.0 Å². The van der Waals surface area contributed by atoms with E-state index in [0.29, 0.717) is 36.7 Å². The lowest BCUT2D eigenvalue weighted by Gasteiger charge is -2.14. The number of benzene rings is 2. The lowest BCUT2D eigenvalue weighted by Crippen LogP contribution is -2.23. The molecule has 188 valence electrons. The van der Waals surface area contributed by atoms with Crippen molar-refractivity contribution < 1.29 is 9.32 Å². The van der Waals surface area contributed by atoms with Gasteiger partial charge in [-0.3, -0.25) is 18.7 Å². The van der Waals surface area contributed by atoms with Gasteiger partial charge in [0.2, 0.25) is 5.91 Å². The number of hydrogen-bond acceptors (Lipinski definition) is 8. The summed E-state index contributed by atoms with van der Waals surface area (Å²) in [7, 11) is 0. The van der Waals surface area contributed by atoms with Gasteiger partial charge in [0.05, 0.1) is 11.4 Å². The van der Waals surface area contributed by atoms with E-state index in [2.05, 4.69) is 17.4 Å². The summed E-state index contributed by atoms with van der Waals surface area (Å²) in [5.74, 6) is 0.662. The monoisotopic (exact) mass is 549 g/mol. The summed E-state index contributed by atoms with van der Waals surface area (Å²) in [5, 5.41) is 6.90. The maximum absolute atomic E-state index is 13.9. The maximum atomic E-state index is 13.9. The van der Waals surface area contributed by atoms with Crippen LogP contribution in [0.3, 0.4) is 0 Å². The van der Waals surface area contributed by atoms with Crippen molar-refractivity contribution >= 4 is 57.4 Å². The second kappa shape index (κ2) is 10.4. The van der Waals surface area contributed by atoms with E-state index >= 15 is 0 Å². The molecule has 11 heteroatoms. The number of amides is 1. The van der Waals surface area contributed by atoms with Crippen LogP contribution in [0.15, 0.2) is 69.1 Å². The minimum absolute atomic E-state index is 0.0196. The molecule has 1 amide bonds. The number of carbonyl (C=O) groups excluding carboxylic acids is 1. The highest BCUT2D eigenvalue weighted by Crippen LogP contribution is 2.28. The molecule has 0 bridgehead atoms. The van der Waals surface area contributed by atoms with Crippen molar-refractivity contribution in [1.82, 2.24) is 19.3 Å². The molecule has 0 spiro atoms. The Balaban J connectivity index is 1.62. The number of nitrogens with zero attached hydrogens (tertiary/aromatic N) is 4. The second-order valence-corrected chi connectivity index (χ2v) is 10.9. The minimum Gasteiger partial charge on any atom is -0.360 e. The average molecular weight is 550 g/mol. The average Bonchev–Trinajstić information content (AvgIpc) is 3.45. The summed E-state index contributed by atoms with van der Waals surface area (Å²) >= 11 is 8.08. The van der Waals surface area contributed by atoms with Crippen LogP contribution in [0.2, 0.25) is 0 Å². The third-order valence-electron chi connectivity index (χ3n) is 5.76. The van der Waals surface area contributed by atoms with Crippen molar-refractivity contribution in [3.8, 4) is 11.4 Å². The highest BCUT2D eigenvalue weighted by Gasteiger charge is 2.21. The van der Waals surface area contributed by atoms with Gasteiger partial charge in [-0.2, -0.15) is 0 Å². The fourth-order valence-corrected chi connectivity index (χ4v) is 6.00. The van der Waals surface area contributed by atoms with E-state index in [1.165, 1.54) is 28.7 Å². The Morgan fingerprint density at radius 1 is 1.14 bits per heavy atom. The van der Waals surface area contributed by atoms with Crippen molar-refractivity contribution in [3.63, 3.8) is 0 Å². The van der Waals surface area contributed by atoms with Crippen molar-refractivity contribution in [2.24, 2.45) is 0 Å². The molecule has 8 nitrogen and oxygen atoms in total. The molecule has 37 heavy (non-hydrogen) atoms. The predicted octanol–water partition coefficient (Wildman–Crippen LogP) is 5.87. The normalized spacial score (nSPS) is 11.2. The number of aromatic nitrogens is 4. The van der Waals surface area contributed by atoms with Gasteiger partial charge in [-0.05, 0) is 61.8 Å². The van der Waals surface area contributed by atoms with Crippen LogP contribution in [-0.4, -0.2) is 30.9 Å². The smallest absolute Gasteiger partial charge is 0.278 e. The molecule has 3 heterocycles. The van der Waals surface area contributed by atoms with Crippen molar-refractivity contribution in [2.45, 2.75) is 32.3 Å². The maximum Gasteiger partial charge on any atom is 0.278 e. The Bertz CT molecular complexity index is 1730. The Morgan fingerprint density at radius 2 is 1.89 bits per heavy atom. The van der Waals surface area contributed by atoms with Gasteiger partial charge in [-0.15, -0.1) is 0 Å². The SMILES string of the molecule is CCc1ccc(-n2c(=S)sc3c(=O)n(-c4ccccc4C)c(SCC(=O)Nc4cc(C)on4)nc32)cc1. The number of anilines is 1. The van der Waals surface area contributed by atoms with Crippen LogP contribution < -0.4 is 10.9 Å². The Hall–Kier alpha value is -3.54. The summed E-state index contributed by atoms with van der Waals surface area (Å²) in [5.41, 5.74) is 3.90.